The second kappa shape index (κ2) is 9.02. The topological polar surface area (TPSA) is 66.2 Å². The molecule has 1 fully saturated rings. The highest BCUT2D eigenvalue weighted by Crippen LogP contribution is 2.21. The van der Waals surface area contributed by atoms with Gasteiger partial charge in [-0.1, -0.05) is 19.3 Å². The fourth-order valence-electron chi connectivity index (χ4n) is 2.47. The highest BCUT2D eigenvalue weighted by molar-refractivity contribution is 5.95. The average molecular weight is 290 g/mol. The van der Waals surface area contributed by atoms with E-state index in [-0.39, 0.29) is 12.4 Å². The minimum atomic E-state index is 0. The number of rotatable bonds is 3. The summed E-state index contributed by atoms with van der Waals surface area (Å²) >= 11 is 0. The van der Waals surface area contributed by atoms with Gasteiger partial charge in [-0.2, -0.15) is 0 Å². The molecule has 0 aliphatic heterocycles. The van der Waals surface area contributed by atoms with Crippen molar-refractivity contribution in [3.63, 3.8) is 0 Å². The van der Waals surface area contributed by atoms with Crippen LogP contribution < -0.4 is 5.32 Å². The van der Waals surface area contributed by atoms with Crippen molar-refractivity contribution in [3.8, 4) is 0 Å². The third-order valence-electron chi connectivity index (χ3n) is 3.79. The molecule has 3 N–H and O–H groups in total. The zero-order valence-corrected chi connectivity index (χ0v) is 13.1. The molecule has 112 valence electrons. The Balaban J connectivity index is 0.00000324. The van der Waals surface area contributed by atoms with E-state index >= 15 is 0 Å². The molecule has 0 unspecified atom stereocenters. The lowest BCUT2D eigenvalue weighted by Crippen LogP contribution is -2.51. The van der Waals surface area contributed by atoms with Gasteiger partial charge >= 0.3 is 0 Å². The monoisotopic (exact) mass is 289 g/mol. The first-order valence-electron chi connectivity index (χ1n) is 7.02. The van der Waals surface area contributed by atoms with Gasteiger partial charge in [0.05, 0.1) is 0 Å². The Morgan fingerprint density at radius 2 is 1.58 bits per heavy atom. The predicted octanol–water partition coefficient (Wildman–Crippen LogP) is 2.47. The molecule has 1 saturated carbocycles. The summed E-state index contributed by atoms with van der Waals surface area (Å²) in [4.78, 5) is 3.89. The molecule has 0 heterocycles. The number of nitrogens with one attached hydrogen (secondary N) is 3. The van der Waals surface area contributed by atoms with Gasteiger partial charge in [-0.05, 0) is 26.7 Å². The molecule has 0 aromatic carbocycles. The van der Waals surface area contributed by atoms with Gasteiger partial charge in [0.1, 0.15) is 0 Å². The number of hydrogen-bond donors (Lipinski definition) is 3. The second-order valence-electron chi connectivity index (χ2n) is 4.90. The first-order valence-corrected chi connectivity index (χ1v) is 7.02. The van der Waals surface area contributed by atoms with E-state index in [0.29, 0.717) is 18.0 Å². The van der Waals surface area contributed by atoms with Crippen LogP contribution >= 0.6 is 12.4 Å². The standard InChI is InChI=1S/C13H27N5.ClH/c1-4-18(5-2)13(15)16-12(14)17(3)11-9-7-6-8-10-11;/h11H,4-10H2,1-3H3,(H3,14,15,16);1H. The molecule has 0 saturated heterocycles. The molecule has 6 heteroatoms. The van der Waals surface area contributed by atoms with Crippen molar-refractivity contribution >= 4 is 24.3 Å². The molecule has 0 bridgehead atoms. The smallest absolute Gasteiger partial charge is 0.197 e. The lowest BCUT2D eigenvalue weighted by atomic mass is 9.95. The maximum absolute atomic E-state index is 8.05. The summed E-state index contributed by atoms with van der Waals surface area (Å²) in [5, 5.41) is 18.9. The average Bonchev–Trinajstić information content (AvgIpc) is 2.40. The second-order valence-corrected chi connectivity index (χ2v) is 4.90. The Hall–Kier alpha value is -0.970. The molecule has 1 aliphatic rings. The summed E-state index contributed by atoms with van der Waals surface area (Å²) in [6.45, 7) is 5.63. The van der Waals surface area contributed by atoms with Crippen molar-refractivity contribution < 1.29 is 0 Å². The number of halogens is 1. The minimum absolute atomic E-state index is 0. The predicted molar refractivity (Wildman–Crippen MR) is 83.4 cm³/mol. The van der Waals surface area contributed by atoms with Gasteiger partial charge in [0.2, 0.25) is 0 Å². The molecular weight excluding hydrogens is 262 g/mol. The summed E-state index contributed by atoms with van der Waals surface area (Å²) in [7, 11) is 1.96. The van der Waals surface area contributed by atoms with Gasteiger partial charge in [-0.15, -0.1) is 12.4 Å². The van der Waals surface area contributed by atoms with Crippen LogP contribution in [0.4, 0.5) is 0 Å². The van der Waals surface area contributed by atoms with E-state index in [2.05, 4.69) is 5.32 Å². The maximum atomic E-state index is 8.05. The van der Waals surface area contributed by atoms with Crippen LogP contribution in [0.25, 0.3) is 0 Å². The Morgan fingerprint density at radius 1 is 1.05 bits per heavy atom. The lowest BCUT2D eigenvalue weighted by Gasteiger charge is -2.34. The van der Waals surface area contributed by atoms with E-state index in [0.717, 1.165) is 13.1 Å². The first-order chi connectivity index (χ1) is 8.60. The van der Waals surface area contributed by atoms with Crippen molar-refractivity contribution in [1.82, 2.24) is 15.1 Å². The summed E-state index contributed by atoms with van der Waals surface area (Å²) in [6, 6.07) is 0.461. The van der Waals surface area contributed by atoms with Crippen molar-refractivity contribution in [2.24, 2.45) is 0 Å². The molecule has 0 radical (unpaired) electrons. The SMILES string of the molecule is CCN(CC)C(=N)NC(=N)N(C)C1CCCCC1.Cl. The van der Waals surface area contributed by atoms with E-state index in [9.17, 15) is 0 Å². The minimum Gasteiger partial charge on any atom is -0.343 e. The number of nitrogens with zero attached hydrogens (tertiary/aromatic N) is 2. The Bertz CT molecular complexity index is 285. The van der Waals surface area contributed by atoms with Crippen molar-refractivity contribution in [2.75, 3.05) is 20.1 Å². The number of hydrogen-bond acceptors (Lipinski definition) is 2. The van der Waals surface area contributed by atoms with E-state index in [1.54, 1.807) is 0 Å². The van der Waals surface area contributed by atoms with Crippen molar-refractivity contribution in [1.29, 1.82) is 10.8 Å². The molecule has 1 aliphatic carbocycles. The molecule has 0 atom stereocenters. The summed E-state index contributed by atoms with van der Waals surface area (Å²) in [5.74, 6) is 0.673. The van der Waals surface area contributed by atoms with Crippen LogP contribution in [0, 0.1) is 10.8 Å². The van der Waals surface area contributed by atoms with Crippen LogP contribution in [-0.2, 0) is 0 Å². The lowest BCUT2D eigenvalue weighted by molar-refractivity contribution is 0.272. The normalized spacial score (nSPS) is 15.3. The summed E-state index contributed by atoms with van der Waals surface area (Å²) < 4.78 is 0. The van der Waals surface area contributed by atoms with Gasteiger partial charge in [-0.3, -0.25) is 16.1 Å². The molecule has 0 aromatic rings. The maximum Gasteiger partial charge on any atom is 0.197 e. The van der Waals surface area contributed by atoms with E-state index < -0.39 is 0 Å². The van der Waals surface area contributed by atoms with Crippen molar-refractivity contribution in [3.05, 3.63) is 0 Å². The zero-order chi connectivity index (χ0) is 13.5. The molecule has 0 spiro atoms. The third-order valence-corrected chi connectivity index (χ3v) is 3.79. The molecule has 0 aromatic heterocycles. The Kier molecular flexibility index (Phi) is 8.56. The Labute approximate surface area is 123 Å². The van der Waals surface area contributed by atoms with Gasteiger partial charge < -0.3 is 9.80 Å². The number of guanidine groups is 2. The highest BCUT2D eigenvalue weighted by atomic mass is 35.5. The van der Waals surface area contributed by atoms with Crippen LogP contribution in [0.3, 0.4) is 0 Å². The van der Waals surface area contributed by atoms with E-state index in [1.165, 1.54) is 32.1 Å². The van der Waals surface area contributed by atoms with Gasteiger partial charge in [-0.25, -0.2) is 0 Å². The van der Waals surface area contributed by atoms with E-state index in [1.807, 2.05) is 30.7 Å². The van der Waals surface area contributed by atoms with Crippen LogP contribution in [0.15, 0.2) is 0 Å². The molecule has 5 nitrogen and oxygen atoms in total. The van der Waals surface area contributed by atoms with Crippen LogP contribution in [0.2, 0.25) is 0 Å². The third kappa shape index (κ3) is 5.27. The van der Waals surface area contributed by atoms with Gasteiger partial charge in [0.25, 0.3) is 0 Å². The molecule has 1 rings (SSSR count). The molecule has 0 amide bonds. The fourth-order valence-corrected chi connectivity index (χ4v) is 2.47. The van der Waals surface area contributed by atoms with Crippen LogP contribution in [0.1, 0.15) is 46.0 Å². The van der Waals surface area contributed by atoms with E-state index in [4.69, 9.17) is 10.8 Å². The summed E-state index contributed by atoms with van der Waals surface area (Å²) in [5.41, 5.74) is 0. The molecule has 19 heavy (non-hydrogen) atoms. The van der Waals surface area contributed by atoms with Crippen molar-refractivity contribution in [2.45, 2.75) is 52.0 Å². The van der Waals surface area contributed by atoms with Crippen LogP contribution in [0.5, 0.6) is 0 Å². The highest BCUT2D eigenvalue weighted by Gasteiger charge is 2.21. The van der Waals surface area contributed by atoms with Gasteiger partial charge in [0.15, 0.2) is 11.9 Å². The van der Waals surface area contributed by atoms with Gasteiger partial charge in [0, 0.05) is 26.2 Å². The van der Waals surface area contributed by atoms with Crippen LogP contribution in [-0.4, -0.2) is 47.9 Å². The Morgan fingerprint density at radius 3 is 2.05 bits per heavy atom. The quantitative estimate of drug-likeness (QED) is 0.552. The molecular formula is C13H28ClN5. The largest absolute Gasteiger partial charge is 0.343 e. The zero-order valence-electron chi connectivity index (χ0n) is 12.3. The first kappa shape index (κ1) is 18.0. The fraction of sp³-hybridized carbons (Fsp3) is 0.846. The summed E-state index contributed by atoms with van der Waals surface area (Å²) in [6.07, 6.45) is 6.17.